The maximum atomic E-state index is 11.6. The normalized spacial score (nSPS) is 10.4. The molecule has 0 heterocycles. The standard InChI is InChI=1S/C10H12NO2S/c1-3-11-8-14(12,13)10-6-4-9(2)5-7-10/h4-7H,8H2,1-2H3/q+1. The molecule has 0 bridgehead atoms. The van der Waals surface area contributed by atoms with Crippen molar-refractivity contribution in [3.63, 3.8) is 0 Å². The van der Waals surface area contributed by atoms with Crippen LogP contribution in [-0.4, -0.2) is 14.3 Å². The van der Waals surface area contributed by atoms with Crippen LogP contribution in [0.25, 0.3) is 4.85 Å². The molecule has 0 fully saturated rings. The number of aryl methyl sites for hydroxylation is 1. The van der Waals surface area contributed by atoms with E-state index in [1.807, 2.05) is 6.92 Å². The molecule has 1 aromatic rings. The first-order valence-electron chi connectivity index (χ1n) is 4.19. The summed E-state index contributed by atoms with van der Waals surface area (Å²) in [5.41, 5.74) is 1.04. The fraction of sp³-hybridized carbons (Fsp3) is 0.300. The second-order valence-electron chi connectivity index (χ2n) is 2.94. The molecule has 1 aromatic carbocycles. The van der Waals surface area contributed by atoms with Gasteiger partial charge in [0.05, 0.1) is 11.8 Å². The van der Waals surface area contributed by atoms with Crippen LogP contribution in [0.2, 0.25) is 0 Å². The van der Waals surface area contributed by atoms with E-state index in [2.05, 4.69) is 10.9 Å². The highest BCUT2D eigenvalue weighted by molar-refractivity contribution is 7.91. The van der Waals surface area contributed by atoms with Crippen LogP contribution in [0.5, 0.6) is 0 Å². The number of benzene rings is 1. The fourth-order valence-electron chi connectivity index (χ4n) is 0.970. The third kappa shape index (κ3) is 2.57. The first-order valence-corrected chi connectivity index (χ1v) is 5.84. The summed E-state index contributed by atoms with van der Waals surface area (Å²) in [5, 5.41) is 0. The van der Waals surface area contributed by atoms with E-state index in [0.717, 1.165) is 5.56 Å². The fourth-order valence-corrected chi connectivity index (χ4v) is 1.97. The summed E-state index contributed by atoms with van der Waals surface area (Å²) in [5.74, 6) is -0.230. The minimum absolute atomic E-state index is 0.230. The average molecular weight is 210 g/mol. The zero-order valence-corrected chi connectivity index (χ0v) is 9.00. The molecule has 0 amide bonds. The predicted molar refractivity (Wildman–Crippen MR) is 56.2 cm³/mol. The van der Waals surface area contributed by atoms with Gasteiger partial charge in [-0.3, -0.25) is 0 Å². The van der Waals surface area contributed by atoms with Crippen LogP contribution in [-0.2, 0) is 9.84 Å². The number of rotatable bonds is 2. The third-order valence-corrected chi connectivity index (χ3v) is 3.23. The molecular formula is C10H12NO2S+. The van der Waals surface area contributed by atoms with Crippen LogP contribution in [0.1, 0.15) is 12.5 Å². The van der Waals surface area contributed by atoms with E-state index >= 15 is 0 Å². The molecule has 4 heteroatoms. The highest BCUT2D eigenvalue weighted by Gasteiger charge is 2.18. The molecule has 0 unspecified atom stereocenters. The van der Waals surface area contributed by atoms with Crippen LogP contribution < -0.4 is 0 Å². The molecule has 0 saturated heterocycles. The molecule has 0 spiro atoms. The molecule has 14 heavy (non-hydrogen) atoms. The maximum Gasteiger partial charge on any atom is 0.364 e. The minimum Gasteiger partial charge on any atom is -0.216 e. The molecule has 0 aliphatic rings. The van der Waals surface area contributed by atoms with Crippen LogP contribution in [0.4, 0.5) is 0 Å². The van der Waals surface area contributed by atoms with Crippen molar-refractivity contribution in [2.45, 2.75) is 18.7 Å². The van der Waals surface area contributed by atoms with E-state index < -0.39 is 9.84 Å². The second kappa shape index (κ2) is 4.25. The van der Waals surface area contributed by atoms with Gasteiger partial charge < -0.3 is 0 Å². The van der Waals surface area contributed by atoms with Gasteiger partial charge in [-0.2, -0.15) is 0 Å². The second-order valence-corrected chi connectivity index (χ2v) is 4.90. The maximum absolute atomic E-state index is 11.6. The van der Waals surface area contributed by atoms with Crippen molar-refractivity contribution in [2.24, 2.45) is 0 Å². The monoisotopic (exact) mass is 210 g/mol. The summed E-state index contributed by atoms with van der Waals surface area (Å²) < 4.78 is 23.1. The van der Waals surface area contributed by atoms with E-state index in [1.54, 1.807) is 31.2 Å². The molecule has 1 rings (SSSR count). The SMILES string of the molecule is CC#[N+]CS(=O)(=O)c1ccc(C)cc1. The molecule has 0 aliphatic carbocycles. The Kier molecular flexibility index (Phi) is 3.26. The van der Waals surface area contributed by atoms with E-state index in [-0.39, 0.29) is 5.88 Å². The zero-order valence-electron chi connectivity index (χ0n) is 8.19. The molecule has 0 aromatic heterocycles. The van der Waals surface area contributed by atoms with E-state index in [9.17, 15) is 8.42 Å². The summed E-state index contributed by atoms with van der Waals surface area (Å²) in [7, 11) is -3.27. The Morgan fingerprint density at radius 3 is 2.36 bits per heavy atom. The lowest BCUT2D eigenvalue weighted by atomic mass is 10.2. The van der Waals surface area contributed by atoms with E-state index in [4.69, 9.17) is 0 Å². The first-order chi connectivity index (χ1) is 6.56. The Balaban J connectivity index is 3.03. The topological polar surface area (TPSA) is 38.5 Å². The highest BCUT2D eigenvalue weighted by Crippen LogP contribution is 2.11. The van der Waals surface area contributed by atoms with Crippen LogP contribution >= 0.6 is 0 Å². The van der Waals surface area contributed by atoms with Crippen molar-refractivity contribution >= 4 is 9.84 Å². The Morgan fingerprint density at radius 2 is 1.86 bits per heavy atom. The molecular weight excluding hydrogens is 198 g/mol. The van der Waals surface area contributed by atoms with Gasteiger partial charge in [0.15, 0.2) is 0 Å². The summed E-state index contributed by atoms with van der Waals surface area (Å²) >= 11 is 0. The lowest BCUT2D eigenvalue weighted by molar-refractivity contribution is 0.599. The van der Waals surface area contributed by atoms with Crippen molar-refractivity contribution < 1.29 is 8.42 Å². The van der Waals surface area contributed by atoms with Gasteiger partial charge in [0.1, 0.15) is 0 Å². The quantitative estimate of drug-likeness (QED) is 0.749. The Hall–Kier alpha value is -1.34. The summed E-state index contributed by atoms with van der Waals surface area (Å²) in [6.45, 7) is 3.49. The van der Waals surface area contributed by atoms with Gasteiger partial charge in [0.25, 0.3) is 15.9 Å². The van der Waals surface area contributed by atoms with E-state index in [1.165, 1.54) is 0 Å². The molecule has 0 radical (unpaired) electrons. The number of hydrogen-bond acceptors (Lipinski definition) is 2. The van der Waals surface area contributed by atoms with Crippen molar-refractivity contribution in [2.75, 3.05) is 5.88 Å². The third-order valence-electron chi connectivity index (χ3n) is 1.77. The van der Waals surface area contributed by atoms with Crippen molar-refractivity contribution in [1.82, 2.24) is 0 Å². The van der Waals surface area contributed by atoms with Crippen molar-refractivity contribution in [3.05, 3.63) is 34.7 Å². The Morgan fingerprint density at radius 1 is 1.29 bits per heavy atom. The lowest BCUT2D eigenvalue weighted by Crippen LogP contribution is -2.03. The van der Waals surface area contributed by atoms with E-state index in [0.29, 0.717) is 4.90 Å². The molecule has 0 N–H and O–H groups in total. The molecule has 0 aliphatic heterocycles. The Labute approximate surface area is 84.1 Å². The minimum atomic E-state index is -3.27. The zero-order chi connectivity index (χ0) is 10.6. The van der Waals surface area contributed by atoms with Gasteiger partial charge >= 0.3 is 5.88 Å². The predicted octanol–water partition coefficient (Wildman–Crippen LogP) is 2.08. The van der Waals surface area contributed by atoms with Crippen molar-refractivity contribution in [1.29, 1.82) is 0 Å². The van der Waals surface area contributed by atoms with Crippen LogP contribution in [0.3, 0.4) is 0 Å². The van der Waals surface area contributed by atoms with Crippen LogP contribution in [0, 0.1) is 13.0 Å². The van der Waals surface area contributed by atoms with Gasteiger partial charge in [0.2, 0.25) is 0 Å². The van der Waals surface area contributed by atoms with Crippen LogP contribution in [0.15, 0.2) is 29.2 Å². The van der Waals surface area contributed by atoms with Gasteiger partial charge in [-0.25, -0.2) is 8.42 Å². The first kappa shape index (κ1) is 10.7. The average Bonchev–Trinajstić information content (AvgIpc) is 2.16. The summed E-state index contributed by atoms with van der Waals surface area (Å²) in [6.07, 6.45) is 0. The largest absolute Gasteiger partial charge is 0.364 e. The van der Waals surface area contributed by atoms with Gasteiger partial charge in [-0.15, -0.1) is 0 Å². The molecule has 0 saturated carbocycles. The highest BCUT2D eigenvalue weighted by atomic mass is 32.2. The molecule has 74 valence electrons. The summed E-state index contributed by atoms with van der Waals surface area (Å²) in [4.78, 5) is 3.91. The molecule has 0 atom stereocenters. The van der Waals surface area contributed by atoms with Gasteiger partial charge in [-0.1, -0.05) is 22.5 Å². The van der Waals surface area contributed by atoms with Gasteiger partial charge in [-0.05, 0) is 19.1 Å². The molecule has 3 nitrogen and oxygen atoms in total. The summed E-state index contributed by atoms with van der Waals surface area (Å²) in [6, 6.07) is 9.18. The Bertz CT molecular complexity index is 463. The lowest BCUT2D eigenvalue weighted by Gasteiger charge is -1.96. The van der Waals surface area contributed by atoms with Crippen molar-refractivity contribution in [3.8, 4) is 6.07 Å². The van der Waals surface area contributed by atoms with Gasteiger partial charge in [0, 0.05) is 0 Å². The number of sulfone groups is 1. The number of nitrogens with zero attached hydrogens (tertiary/aromatic N) is 1. The smallest absolute Gasteiger partial charge is 0.216 e. The number of hydrogen-bond donors (Lipinski definition) is 0.